The number of primary sulfonamides is 1. The quantitative estimate of drug-likeness (QED) is 0.155. The minimum absolute atomic E-state index is 0. The SMILES string of the molecule is CCCCOCCCNC(=NCc1ccc(S(N)(=O)=O)cc1)NCC(=O)N(C)C.I. The van der Waals surface area contributed by atoms with Crippen molar-refractivity contribution in [1.82, 2.24) is 15.5 Å². The molecular formula is C19H34IN5O4S. The topological polar surface area (TPSA) is 126 Å². The summed E-state index contributed by atoms with van der Waals surface area (Å²) in [7, 11) is -0.336. The third-order valence-electron chi connectivity index (χ3n) is 3.98. The van der Waals surface area contributed by atoms with Crippen LogP contribution in [0.4, 0.5) is 0 Å². The van der Waals surface area contributed by atoms with Crippen molar-refractivity contribution < 1.29 is 17.9 Å². The van der Waals surface area contributed by atoms with Gasteiger partial charge < -0.3 is 20.3 Å². The Morgan fingerprint density at radius 2 is 1.77 bits per heavy atom. The predicted octanol–water partition coefficient (Wildman–Crippen LogP) is 1.28. The molecule has 1 rings (SSSR count). The summed E-state index contributed by atoms with van der Waals surface area (Å²) in [6.45, 7) is 4.64. The number of ether oxygens (including phenoxy) is 1. The number of amides is 1. The largest absolute Gasteiger partial charge is 0.381 e. The van der Waals surface area contributed by atoms with Crippen molar-refractivity contribution >= 4 is 45.9 Å². The highest BCUT2D eigenvalue weighted by Gasteiger charge is 2.08. The fourth-order valence-corrected chi connectivity index (χ4v) is 2.69. The molecule has 0 aliphatic rings. The number of carbonyl (C=O) groups is 1. The second-order valence-electron chi connectivity index (χ2n) is 6.74. The van der Waals surface area contributed by atoms with Gasteiger partial charge in [0, 0.05) is 33.9 Å². The molecule has 0 saturated heterocycles. The van der Waals surface area contributed by atoms with Crippen LogP contribution >= 0.6 is 24.0 Å². The predicted molar refractivity (Wildman–Crippen MR) is 129 cm³/mol. The fraction of sp³-hybridized carbons (Fsp3) is 0.579. The lowest BCUT2D eigenvalue weighted by Gasteiger charge is -2.15. The van der Waals surface area contributed by atoms with Crippen LogP contribution in [0, 0.1) is 0 Å². The van der Waals surface area contributed by atoms with Gasteiger partial charge in [-0.25, -0.2) is 18.5 Å². The minimum atomic E-state index is -3.72. The Bertz CT molecular complexity index is 755. The lowest BCUT2D eigenvalue weighted by Crippen LogP contribution is -2.43. The van der Waals surface area contributed by atoms with Crippen LogP contribution in [0.3, 0.4) is 0 Å². The Kier molecular flexibility index (Phi) is 14.6. The minimum Gasteiger partial charge on any atom is -0.381 e. The molecule has 0 heterocycles. The molecule has 0 atom stereocenters. The number of unbranched alkanes of at least 4 members (excludes halogenated alkanes) is 1. The number of sulfonamides is 1. The van der Waals surface area contributed by atoms with Gasteiger partial charge in [-0.2, -0.15) is 0 Å². The Labute approximate surface area is 196 Å². The van der Waals surface area contributed by atoms with Gasteiger partial charge in [0.1, 0.15) is 0 Å². The van der Waals surface area contributed by atoms with Crippen LogP contribution in [0.25, 0.3) is 0 Å². The molecule has 1 aromatic carbocycles. The number of benzene rings is 1. The van der Waals surface area contributed by atoms with Gasteiger partial charge in [0.2, 0.25) is 15.9 Å². The number of nitrogens with two attached hydrogens (primary N) is 1. The van der Waals surface area contributed by atoms with Crippen molar-refractivity contribution in [2.24, 2.45) is 10.1 Å². The monoisotopic (exact) mass is 555 g/mol. The smallest absolute Gasteiger partial charge is 0.241 e. The number of aliphatic imine (C=N–C) groups is 1. The van der Waals surface area contributed by atoms with E-state index in [-0.39, 0.29) is 41.3 Å². The van der Waals surface area contributed by atoms with E-state index >= 15 is 0 Å². The number of carbonyl (C=O) groups excluding carboxylic acids is 1. The van der Waals surface area contributed by atoms with Crippen LogP contribution in [0.2, 0.25) is 0 Å². The first-order valence-electron chi connectivity index (χ1n) is 9.66. The zero-order chi connectivity index (χ0) is 21.7. The van der Waals surface area contributed by atoms with Crippen LogP contribution in [0.1, 0.15) is 31.7 Å². The van der Waals surface area contributed by atoms with E-state index in [9.17, 15) is 13.2 Å². The van der Waals surface area contributed by atoms with Gasteiger partial charge in [0.05, 0.1) is 18.0 Å². The summed E-state index contributed by atoms with van der Waals surface area (Å²) in [6.07, 6.45) is 2.98. The number of nitrogens with zero attached hydrogens (tertiary/aromatic N) is 2. The Morgan fingerprint density at radius 1 is 1.13 bits per heavy atom. The molecule has 4 N–H and O–H groups in total. The molecule has 0 aromatic heterocycles. The molecular weight excluding hydrogens is 521 g/mol. The van der Waals surface area contributed by atoms with Crippen LogP contribution in [0.15, 0.2) is 34.2 Å². The summed E-state index contributed by atoms with van der Waals surface area (Å²) < 4.78 is 28.2. The van der Waals surface area contributed by atoms with Crippen LogP contribution < -0.4 is 15.8 Å². The normalized spacial score (nSPS) is 11.5. The molecule has 30 heavy (non-hydrogen) atoms. The number of hydrogen-bond donors (Lipinski definition) is 3. The van der Waals surface area contributed by atoms with Crippen LogP contribution in [0.5, 0.6) is 0 Å². The van der Waals surface area contributed by atoms with Crippen molar-refractivity contribution in [1.29, 1.82) is 0 Å². The molecule has 9 nitrogen and oxygen atoms in total. The molecule has 0 radical (unpaired) electrons. The van der Waals surface area contributed by atoms with Gasteiger partial charge in [-0.1, -0.05) is 25.5 Å². The first kappa shape index (κ1) is 28.6. The number of likely N-dealkylation sites (N-methyl/N-ethyl adjacent to an activating group) is 1. The van der Waals surface area contributed by atoms with Gasteiger partial charge in [0.25, 0.3) is 0 Å². The summed E-state index contributed by atoms with van der Waals surface area (Å²) in [6, 6.07) is 6.22. The lowest BCUT2D eigenvalue weighted by atomic mass is 10.2. The van der Waals surface area contributed by atoms with Gasteiger partial charge in [-0.05, 0) is 30.5 Å². The maximum atomic E-state index is 11.8. The molecule has 0 aliphatic heterocycles. The van der Waals surface area contributed by atoms with E-state index in [2.05, 4.69) is 22.5 Å². The number of rotatable bonds is 12. The average Bonchev–Trinajstić information content (AvgIpc) is 2.68. The number of nitrogens with one attached hydrogen (secondary N) is 2. The van der Waals surface area contributed by atoms with Gasteiger partial charge in [-0.3, -0.25) is 4.79 Å². The summed E-state index contributed by atoms with van der Waals surface area (Å²) in [4.78, 5) is 17.8. The first-order valence-corrected chi connectivity index (χ1v) is 11.2. The molecule has 0 unspecified atom stereocenters. The van der Waals surface area contributed by atoms with Crippen molar-refractivity contribution in [3.63, 3.8) is 0 Å². The maximum absolute atomic E-state index is 11.8. The Balaban J connectivity index is 0.00000841. The second kappa shape index (κ2) is 15.4. The second-order valence-corrected chi connectivity index (χ2v) is 8.30. The van der Waals surface area contributed by atoms with E-state index in [1.165, 1.54) is 17.0 Å². The first-order chi connectivity index (χ1) is 13.7. The Hall–Kier alpha value is -1.44. The molecule has 0 saturated carbocycles. The summed E-state index contributed by atoms with van der Waals surface area (Å²) in [5, 5.41) is 11.3. The zero-order valence-electron chi connectivity index (χ0n) is 17.9. The molecule has 172 valence electrons. The van der Waals surface area contributed by atoms with Crippen molar-refractivity contribution in [2.75, 3.05) is 40.4 Å². The maximum Gasteiger partial charge on any atom is 0.241 e. The number of halogens is 1. The van der Waals surface area contributed by atoms with E-state index in [1.54, 1.807) is 26.2 Å². The van der Waals surface area contributed by atoms with E-state index in [1.807, 2.05) is 0 Å². The zero-order valence-corrected chi connectivity index (χ0v) is 21.0. The van der Waals surface area contributed by atoms with Crippen LogP contribution in [-0.2, 0) is 26.1 Å². The van der Waals surface area contributed by atoms with Gasteiger partial charge in [0.15, 0.2) is 5.96 Å². The van der Waals surface area contributed by atoms with E-state index < -0.39 is 10.0 Å². The van der Waals surface area contributed by atoms with Gasteiger partial charge >= 0.3 is 0 Å². The number of guanidine groups is 1. The Morgan fingerprint density at radius 3 is 2.33 bits per heavy atom. The fourth-order valence-electron chi connectivity index (χ4n) is 2.18. The van der Waals surface area contributed by atoms with Crippen molar-refractivity contribution in [3.05, 3.63) is 29.8 Å². The molecule has 0 spiro atoms. The standard InChI is InChI=1S/C19H33N5O4S.HI/c1-4-5-12-28-13-6-11-21-19(23-15-18(25)24(2)3)22-14-16-7-9-17(10-8-16)29(20,26)27;/h7-10H,4-6,11-15H2,1-3H3,(H2,20,26,27)(H2,21,22,23);1H. The molecule has 0 aliphatic carbocycles. The van der Waals surface area contributed by atoms with Crippen molar-refractivity contribution in [2.45, 2.75) is 37.6 Å². The highest BCUT2D eigenvalue weighted by atomic mass is 127. The summed E-state index contributed by atoms with van der Waals surface area (Å²) >= 11 is 0. The molecule has 1 aromatic rings. The third kappa shape index (κ3) is 12.3. The van der Waals surface area contributed by atoms with Crippen molar-refractivity contribution in [3.8, 4) is 0 Å². The molecule has 1 amide bonds. The molecule has 0 bridgehead atoms. The van der Waals surface area contributed by atoms with Crippen LogP contribution in [-0.4, -0.2) is 65.6 Å². The van der Waals surface area contributed by atoms with E-state index in [0.717, 1.165) is 31.4 Å². The molecule has 11 heteroatoms. The lowest BCUT2D eigenvalue weighted by molar-refractivity contribution is -0.127. The summed E-state index contributed by atoms with van der Waals surface area (Å²) in [5.41, 5.74) is 0.820. The summed E-state index contributed by atoms with van der Waals surface area (Å²) in [5.74, 6) is 0.434. The van der Waals surface area contributed by atoms with E-state index in [4.69, 9.17) is 9.88 Å². The number of hydrogen-bond acceptors (Lipinski definition) is 5. The van der Waals surface area contributed by atoms with Gasteiger partial charge in [-0.15, -0.1) is 24.0 Å². The highest BCUT2D eigenvalue weighted by molar-refractivity contribution is 14.0. The third-order valence-corrected chi connectivity index (χ3v) is 4.91. The highest BCUT2D eigenvalue weighted by Crippen LogP contribution is 2.09. The average molecular weight is 555 g/mol. The molecule has 0 fully saturated rings. The van der Waals surface area contributed by atoms with E-state index in [0.29, 0.717) is 25.7 Å².